The maximum Gasteiger partial charge on any atom is 0.0876 e. The van der Waals surface area contributed by atoms with Crippen molar-refractivity contribution in [2.45, 2.75) is 38.6 Å². The molecule has 1 N–H and O–H groups in total. The van der Waals surface area contributed by atoms with Crippen LogP contribution in [-0.4, -0.2) is 19.2 Å². The summed E-state index contributed by atoms with van der Waals surface area (Å²) in [6.07, 6.45) is 6.43. The summed E-state index contributed by atoms with van der Waals surface area (Å²) in [6.45, 7) is 4.12. The fraction of sp³-hybridized carbons (Fsp3) is 0.500. The lowest BCUT2D eigenvalue weighted by molar-refractivity contribution is 0.219. The molecule has 0 spiro atoms. The summed E-state index contributed by atoms with van der Waals surface area (Å²) in [5, 5.41) is 3.64. The lowest BCUT2D eigenvalue weighted by atomic mass is 9.95. The molecule has 1 aliphatic heterocycles. The van der Waals surface area contributed by atoms with Gasteiger partial charge >= 0.3 is 0 Å². The van der Waals surface area contributed by atoms with Gasteiger partial charge in [-0.2, -0.15) is 0 Å². The summed E-state index contributed by atoms with van der Waals surface area (Å²) in [5.74, 6) is 0. The first kappa shape index (κ1) is 14.6. The minimum atomic E-state index is 0.398. The Morgan fingerprint density at radius 1 is 1.42 bits per heavy atom. The molecule has 1 aliphatic rings. The summed E-state index contributed by atoms with van der Waals surface area (Å²) in [5.41, 5.74) is 2.76. The van der Waals surface area contributed by atoms with Crippen molar-refractivity contribution in [2.24, 2.45) is 0 Å². The molecule has 0 fully saturated rings. The van der Waals surface area contributed by atoms with Gasteiger partial charge in [0.25, 0.3) is 0 Å². The smallest absolute Gasteiger partial charge is 0.0876 e. The van der Waals surface area contributed by atoms with E-state index in [-0.39, 0.29) is 0 Å². The van der Waals surface area contributed by atoms with Crippen LogP contribution >= 0.6 is 15.9 Å². The molecule has 3 heteroatoms. The normalized spacial score (nSPS) is 16.6. The zero-order chi connectivity index (χ0) is 13.5. The molecule has 0 saturated carbocycles. The van der Waals surface area contributed by atoms with Gasteiger partial charge in [-0.3, -0.25) is 0 Å². The van der Waals surface area contributed by atoms with Crippen molar-refractivity contribution in [1.29, 1.82) is 0 Å². The number of hydrogen-bond acceptors (Lipinski definition) is 2. The van der Waals surface area contributed by atoms with Crippen LogP contribution in [0.1, 0.15) is 31.7 Å². The monoisotopic (exact) mass is 323 g/mol. The van der Waals surface area contributed by atoms with Gasteiger partial charge in [0.1, 0.15) is 0 Å². The Morgan fingerprint density at radius 3 is 3.00 bits per heavy atom. The Hall–Kier alpha value is -0.800. The number of nitrogens with one attached hydrogen (secondary N) is 1. The van der Waals surface area contributed by atoms with Gasteiger partial charge in [0.05, 0.1) is 12.9 Å². The number of halogens is 1. The van der Waals surface area contributed by atoms with Gasteiger partial charge < -0.3 is 10.1 Å². The van der Waals surface area contributed by atoms with E-state index in [1.807, 2.05) is 6.26 Å². The molecule has 2 nitrogen and oxygen atoms in total. The van der Waals surface area contributed by atoms with E-state index in [2.05, 4.69) is 52.4 Å². The maximum absolute atomic E-state index is 5.49. The van der Waals surface area contributed by atoms with Crippen molar-refractivity contribution in [3.63, 3.8) is 0 Å². The first-order chi connectivity index (χ1) is 9.29. The Kier molecular flexibility index (Phi) is 5.93. The van der Waals surface area contributed by atoms with E-state index in [0.717, 1.165) is 43.3 Å². The van der Waals surface area contributed by atoms with E-state index in [9.17, 15) is 0 Å². The molecule has 0 amide bonds. The third-order valence-corrected chi connectivity index (χ3v) is 3.87. The number of ether oxygens (including phenoxy) is 1. The quantitative estimate of drug-likeness (QED) is 0.852. The van der Waals surface area contributed by atoms with Crippen molar-refractivity contribution in [3.8, 4) is 0 Å². The SMILES string of the molecule is CCCNC(Cc1cccc(Br)c1)C1=COCCC1. The minimum Gasteiger partial charge on any atom is -0.501 e. The van der Waals surface area contributed by atoms with Crippen LogP contribution < -0.4 is 5.32 Å². The molecule has 2 rings (SSSR count). The van der Waals surface area contributed by atoms with Crippen LogP contribution in [0.3, 0.4) is 0 Å². The van der Waals surface area contributed by atoms with Crippen molar-refractivity contribution >= 4 is 15.9 Å². The summed E-state index contributed by atoms with van der Waals surface area (Å²) in [6, 6.07) is 8.96. The molecule has 0 saturated heterocycles. The summed E-state index contributed by atoms with van der Waals surface area (Å²) in [7, 11) is 0. The molecular weight excluding hydrogens is 302 g/mol. The molecule has 0 aliphatic carbocycles. The Bertz CT molecular complexity index is 431. The topological polar surface area (TPSA) is 21.3 Å². The number of benzene rings is 1. The third kappa shape index (κ3) is 4.66. The van der Waals surface area contributed by atoms with E-state index in [1.165, 1.54) is 11.1 Å². The number of rotatable bonds is 6. The summed E-state index contributed by atoms with van der Waals surface area (Å²) in [4.78, 5) is 0. The largest absolute Gasteiger partial charge is 0.501 e. The fourth-order valence-corrected chi connectivity index (χ4v) is 2.84. The summed E-state index contributed by atoms with van der Waals surface area (Å²) < 4.78 is 6.64. The van der Waals surface area contributed by atoms with Gasteiger partial charge in [-0.25, -0.2) is 0 Å². The van der Waals surface area contributed by atoms with Crippen LogP contribution in [0.2, 0.25) is 0 Å². The fourth-order valence-electron chi connectivity index (χ4n) is 2.39. The van der Waals surface area contributed by atoms with Gasteiger partial charge in [0.15, 0.2) is 0 Å². The predicted molar refractivity (Wildman–Crippen MR) is 83.2 cm³/mol. The predicted octanol–water partition coefficient (Wildman–Crippen LogP) is 4.05. The molecule has 0 radical (unpaired) electrons. The average Bonchev–Trinajstić information content (AvgIpc) is 2.44. The second-order valence-electron chi connectivity index (χ2n) is 5.01. The first-order valence-electron chi connectivity index (χ1n) is 7.08. The van der Waals surface area contributed by atoms with Gasteiger partial charge in [-0.15, -0.1) is 0 Å². The third-order valence-electron chi connectivity index (χ3n) is 3.38. The van der Waals surface area contributed by atoms with Gasteiger partial charge in [-0.05, 0) is 55.5 Å². The second-order valence-corrected chi connectivity index (χ2v) is 5.92. The van der Waals surface area contributed by atoms with Gasteiger partial charge in [0, 0.05) is 10.5 Å². The molecule has 1 unspecified atom stereocenters. The van der Waals surface area contributed by atoms with Crippen LogP contribution in [0.4, 0.5) is 0 Å². The molecule has 104 valence electrons. The second kappa shape index (κ2) is 7.71. The molecule has 1 atom stereocenters. The molecule has 0 aromatic heterocycles. The number of hydrogen-bond donors (Lipinski definition) is 1. The first-order valence-corrected chi connectivity index (χ1v) is 7.87. The lowest BCUT2D eigenvalue weighted by Gasteiger charge is -2.24. The Morgan fingerprint density at radius 2 is 2.32 bits per heavy atom. The highest BCUT2D eigenvalue weighted by Crippen LogP contribution is 2.20. The van der Waals surface area contributed by atoms with E-state index in [1.54, 1.807) is 0 Å². The lowest BCUT2D eigenvalue weighted by Crippen LogP contribution is -2.34. The van der Waals surface area contributed by atoms with Crippen molar-refractivity contribution in [1.82, 2.24) is 5.32 Å². The maximum atomic E-state index is 5.49. The zero-order valence-corrected chi connectivity index (χ0v) is 13.1. The summed E-state index contributed by atoms with van der Waals surface area (Å²) >= 11 is 3.54. The van der Waals surface area contributed by atoms with Crippen molar-refractivity contribution in [3.05, 3.63) is 46.1 Å². The Balaban J connectivity index is 2.06. The average molecular weight is 324 g/mol. The molecule has 1 heterocycles. The van der Waals surface area contributed by atoms with E-state index in [0.29, 0.717) is 6.04 Å². The standard InChI is InChI=1S/C16H22BrNO/c1-2-8-18-16(14-6-4-9-19-12-14)11-13-5-3-7-15(17)10-13/h3,5,7,10,12,16,18H,2,4,6,8-9,11H2,1H3. The van der Waals surface area contributed by atoms with Crippen LogP contribution in [0.25, 0.3) is 0 Å². The van der Waals surface area contributed by atoms with Gasteiger partial charge in [0.2, 0.25) is 0 Å². The van der Waals surface area contributed by atoms with Crippen molar-refractivity contribution < 1.29 is 4.74 Å². The highest BCUT2D eigenvalue weighted by atomic mass is 79.9. The van der Waals surface area contributed by atoms with E-state index < -0.39 is 0 Å². The van der Waals surface area contributed by atoms with Crippen LogP contribution in [0.15, 0.2) is 40.6 Å². The van der Waals surface area contributed by atoms with Crippen LogP contribution in [-0.2, 0) is 11.2 Å². The minimum absolute atomic E-state index is 0.398. The van der Waals surface area contributed by atoms with Crippen LogP contribution in [0.5, 0.6) is 0 Å². The Labute approximate surface area is 124 Å². The van der Waals surface area contributed by atoms with Crippen LogP contribution in [0, 0.1) is 0 Å². The molecule has 1 aromatic rings. The van der Waals surface area contributed by atoms with Gasteiger partial charge in [-0.1, -0.05) is 35.0 Å². The molecule has 1 aromatic carbocycles. The molecule has 0 bridgehead atoms. The zero-order valence-electron chi connectivity index (χ0n) is 11.5. The van der Waals surface area contributed by atoms with E-state index in [4.69, 9.17) is 4.74 Å². The van der Waals surface area contributed by atoms with Crippen molar-refractivity contribution in [2.75, 3.05) is 13.2 Å². The highest BCUT2D eigenvalue weighted by Gasteiger charge is 2.17. The molecular formula is C16H22BrNO. The van der Waals surface area contributed by atoms with E-state index >= 15 is 0 Å². The molecule has 19 heavy (non-hydrogen) atoms. The highest BCUT2D eigenvalue weighted by molar-refractivity contribution is 9.10.